The van der Waals surface area contributed by atoms with E-state index in [0.717, 1.165) is 12.1 Å². The third-order valence-corrected chi connectivity index (χ3v) is 5.07. The van der Waals surface area contributed by atoms with Gasteiger partial charge in [0, 0.05) is 25.2 Å². The minimum Gasteiger partial charge on any atom is -0.302 e. The summed E-state index contributed by atoms with van der Waals surface area (Å²) in [6, 6.07) is 8.98. The average Bonchev–Trinajstić information content (AvgIpc) is 3.27. The second kappa shape index (κ2) is 8.42. The molecule has 2 fully saturated rings. The molecule has 1 unspecified atom stereocenters. The van der Waals surface area contributed by atoms with E-state index in [2.05, 4.69) is 21.9 Å². The quantitative estimate of drug-likeness (QED) is 0.477. The molecule has 0 bridgehead atoms. The highest BCUT2D eigenvalue weighted by Gasteiger charge is 2.27. The van der Waals surface area contributed by atoms with Gasteiger partial charge < -0.3 is 4.90 Å². The summed E-state index contributed by atoms with van der Waals surface area (Å²) in [6.07, 6.45) is 8.35. The van der Waals surface area contributed by atoms with E-state index in [4.69, 9.17) is 5.21 Å². The monoisotopic (exact) mass is 329 g/mol. The van der Waals surface area contributed by atoms with E-state index in [1.807, 2.05) is 12.1 Å². The molecule has 0 aromatic heterocycles. The van der Waals surface area contributed by atoms with Gasteiger partial charge in [0.15, 0.2) is 0 Å². The van der Waals surface area contributed by atoms with E-state index in [1.165, 1.54) is 63.5 Å². The minimum atomic E-state index is -0.513. The number of rotatable bonds is 6. The van der Waals surface area contributed by atoms with Crippen molar-refractivity contribution in [2.45, 2.75) is 38.3 Å². The van der Waals surface area contributed by atoms with Crippen molar-refractivity contribution in [1.29, 1.82) is 0 Å². The highest BCUT2D eigenvalue weighted by Crippen LogP contribution is 2.22. The molecule has 1 aromatic carbocycles. The van der Waals surface area contributed by atoms with Crippen LogP contribution in [0.1, 0.15) is 36.8 Å². The zero-order chi connectivity index (χ0) is 16.8. The number of nitrogens with one attached hydrogen (secondary N) is 1. The van der Waals surface area contributed by atoms with Gasteiger partial charge in [0.1, 0.15) is 0 Å². The Bertz CT molecular complexity index is 564. The number of hydrogen-bond donors (Lipinski definition) is 2. The van der Waals surface area contributed by atoms with Gasteiger partial charge in [-0.1, -0.05) is 24.3 Å². The van der Waals surface area contributed by atoms with Gasteiger partial charge >= 0.3 is 0 Å². The van der Waals surface area contributed by atoms with Crippen LogP contribution in [-0.2, 0) is 11.3 Å². The van der Waals surface area contributed by atoms with Crippen LogP contribution in [0.3, 0.4) is 0 Å². The van der Waals surface area contributed by atoms with Gasteiger partial charge in [0.05, 0.1) is 0 Å². The second-order valence-corrected chi connectivity index (χ2v) is 6.83. The Hall–Kier alpha value is -1.69. The molecule has 0 spiro atoms. The largest absolute Gasteiger partial charge is 0.302 e. The second-order valence-electron chi connectivity index (χ2n) is 6.83. The molecular formula is C19H27N3O2. The zero-order valence-corrected chi connectivity index (χ0v) is 14.2. The Morgan fingerprint density at radius 1 is 1.17 bits per heavy atom. The van der Waals surface area contributed by atoms with Crippen LogP contribution in [0.25, 0.3) is 6.08 Å². The number of nitrogens with zero attached hydrogens (tertiary/aromatic N) is 2. The molecular weight excluding hydrogens is 302 g/mol. The van der Waals surface area contributed by atoms with E-state index in [-0.39, 0.29) is 0 Å². The number of likely N-dealkylation sites (tertiary alicyclic amines) is 2. The van der Waals surface area contributed by atoms with Gasteiger partial charge in [-0.05, 0) is 62.5 Å². The van der Waals surface area contributed by atoms with E-state index < -0.39 is 5.91 Å². The first kappa shape index (κ1) is 17.1. The van der Waals surface area contributed by atoms with E-state index in [1.54, 1.807) is 11.6 Å². The fourth-order valence-electron chi connectivity index (χ4n) is 3.75. The third kappa shape index (κ3) is 4.66. The standard InChI is InChI=1S/C19H27N3O2/c23-19(20-24)10-9-16-5-7-17(8-6-16)14-22-13-3-4-18(22)15-21-11-1-2-12-21/h5-10,18,24H,1-4,11-15H2,(H,20,23)/b10-9+. The Labute approximate surface area is 143 Å². The summed E-state index contributed by atoms with van der Waals surface area (Å²) >= 11 is 0. The predicted molar refractivity (Wildman–Crippen MR) is 94.5 cm³/mol. The van der Waals surface area contributed by atoms with Crippen molar-refractivity contribution in [2.75, 3.05) is 26.2 Å². The van der Waals surface area contributed by atoms with Crippen LogP contribution < -0.4 is 5.48 Å². The Balaban J connectivity index is 1.54. The van der Waals surface area contributed by atoms with E-state index in [9.17, 15) is 4.79 Å². The molecule has 0 saturated carbocycles. The summed E-state index contributed by atoms with van der Waals surface area (Å²) in [4.78, 5) is 16.2. The van der Waals surface area contributed by atoms with Crippen LogP contribution in [0.2, 0.25) is 0 Å². The Morgan fingerprint density at radius 2 is 1.92 bits per heavy atom. The number of carbonyl (C=O) groups excluding carboxylic acids is 1. The maximum absolute atomic E-state index is 11.0. The summed E-state index contributed by atoms with van der Waals surface area (Å²) in [6.45, 7) is 5.95. The van der Waals surface area contributed by atoms with Crippen molar-refractivity contribution in [3.63, 3.8) is 0 Å². The smallest absolute Gasteiger partial charge is 0.267 e. The van der Waals surface area contributed by atoms with Gasteiger partial charge in [0.25, 0.3) is 5.91 Å². The summed E-state index contributed by atoms with van der Waals surface area (Å²) in [5.41, 5.74) is 3.86. The lowest BCUT2D eigenvalue weighted by molar-refractivity contribution is -0.124. The number of hydroxylamine groups is 1. The topological polar surface area (TPSA) is 55.8 Å². The molecule has 1 aromatic rings. The first-order chi connectivity index (χ1) is 11.7. The van der Waals surface area contributed by atoms with E-state index in [0.29, 0.717) is 6.04 Å². The van der Waals surface area contributed by atoms with Crippen LogP contribution in [0.15, 0.2) is 30.3 Å². The van der Waals surface area contributed by atoms with Crippen molar-refractivity contribution >= 4 is 12.0 Å². The predicted octanol–water partition coefficient (Wildman–Crippen LogP) is 2.27. The van der Waals surface area contributed by atoms with Gasteiger partial charge in [-0.3, -0.25) is 14.9 Å². The number of hydrogen-bond acceptors (Lipinski definition) is 4. The first-order valence-corrected chi connectivity index (χ1v) is 8.92. The zero-order valence-electron chi connectivity index (χ0n) is 14.2. The molecule has 130 valence electrons. The SMILES string of the molecule is O=C(/C=C/c1ccc(CN2CCCC2CN2CCCC2)cc1)NO. The highest BCUT2D eigenvalue weighted by molar-refractivity contribution is 5.90. The van der Waals surface area contributed by atoms with Crippen LogP contribution in [-0.4, -0.2) is 53.1 Å². The molecule has 0 aliphatic carbocycles. The maximum atomic E-state index is 11.0. The molecule has 2 aliphatic heterocycles. The van der Waals surface area contributed by atoms with Crippen LogP contribution in [0.4, 0.5) is 0 Å². The van der Waals surface area contributed by atoms with Crippen LogP contribution >= 0.6 is 0 Å². The Kier molecular flexibility index (Phi) is 6.01. The molecule has 5 heteroatoms. The molecule has 5 nitrogen and oxygen atoms in total. The molecule has 1 atom stereocenters. The summed E-state index contributed by atoms with van der Waals surface area (Å²) in [5, 5.41) is 8.48. The van der Waals surface area contributed by atoms with Crippen molar-refractivity contribution < 1.29 is 10.0 Å². The molecule has 0 radical (unpaired) electrons. The van der Waals surface area contributed by atoms with Gasteiger partial charge in [-0.15, -0.1) is 0 Å². The van der Waals surface area contributed by atoms with Crippen LogP contribution in [0, 0.1) is 0 Å². The van der Waals surface area contributed by atoms with Gasteiger partial charge in [-0.2, -0.15) is 0 Å². The molecule has 2 aliphatic rings. The number of carbonyl (C=O) groups is 1. The summed E-state index contributed by atoms with van der Waals surface area (Å²) in [5.74, 6) is -0.513. The molecule has 24 heavy (non-hydrogen) atoms. The molecule has 2 N–H and O–H groups in total. The molecule has 2 heterocycles. The minimum absolute atomic E-state index is 0.513. The maximum Gasteiger partial charge on any atom is 0.267 e. The normalized spacial score (nSPS) is 22.5. The van der Waals surface area contributed by atoms with Crippen molar-refractivity contribution in [1.82, 2.24) is 15.3 Å². The molecule has 2 saturated heterocycles. The lowest BCUT2D eigenvalue weighted by Gasteiger charge is -2.28. The highest BCUT2D eigenvalue weighted by atomic mass is 16.5. The summed E-state index contributed by atoms with van der Waals surface area (Å²) < 4.78 is 0. The third-order valence-electron chi connectivity index (χ3n) is 5.07. The molecule has 1 amide bonds. The average molecular weight is 329 g/mol. The summed E-state index contributed by atoms with van der Waals surface area (Å²) in [7, 11) is 0. The Morgan fingerprint density at radius 3 is 2.62 bits per heavy atom. The van der Waals surface area contributed by atoms with Crippen molar-refractivity contribution in [3.8, 4) is 0 Å². The van der Waals surface area contributed by atoms with Gasteiger partial charge in [0.2, 0.25) is 0 Å². The fourth-order valence-corrected chi connectivity index (χ4v) is 3.75. The van der Waals surface area contributed by atoms with Crippen molar-refractivity contribution in [3.05, 3.63) is 41.5 Å². The first-order valence-electron chi connectivity index (χ1n) is 8.92. The van der Waals surface area contributed by atoms with Crippen molar-refractivity contribution in [2.24, 2.45) is 0 Å². The van der Waals surface area contributed by atoms with Crippen LogP contribution in [0.5, 0.6) is 0 Å². The number of amides is 1. The lowest BCUT2D eigenvalue weighted by Crippen LogP contribution is -2.38. The van der Waals surface area contributed by atoms with E-state index >= 15 is 0 Å². The number of benzene rings is 1. The van der Waals surface area contributed by atoms with Gasteiger partial charge in [-0.25, -0.2) is 5.48 Å². The molecule has 3 rings (SSSR count). The fraction of sp³-hybridized carbons (Fsp3) is 0.526. The lowest BCUT2D eigenvalue weighted by atomic mass is 10.1.